The van der Waals surface area contributed by atoms with E-state index in [1.807, 2.05) is 38.1 Å². The minimum Gasteiger partial charge on any atom is -0.508 e. The van der Waals surface area contributed by atoms with Crippen LogP contribution in [0.4, 0.5) is 0 Å². The van der Waals surface area contributed by atoms with Crippen LogP contribution in [0, 0.1) is 20.8 Å². The minimum absolute atomic E-state index is 0. The number of rotatable bonds is 4. The lowest BCUT2D eigenvalue weighted by molar-refractivity contribution is 0.389. The van der Waals surface area contributed by atoms with E-state index in [1.165, 1.54) is 13.2 Å². The highest BCUT2D eigenvalue weighted by atomic mass is 79.9. The fourth-order valence-corrected chi connectivity index (χ4v) is 3.46. The molecule has 0 aromatic heterocycles. The number of alkyl halides is 2. The average molecular weight is 849 g/mol. The molecule has 0 spiro atoms. The summed E-state index contributed by atoms with van der Waals surface area (Å²) in [5.74, 6) is 3.20. The molecule has 3 rings (SSSR count). The highest BCUT2D eigenvalue weighted by Gasteiger charge is 2.12. The molecule has 232 valence electrons. The smallest absolute Gasteiger partial charge is 0.369 e. The summed E-state index contributed by atoms with van der Waals surface area (Å²) in [6.07, 6.45) is 0. The molecule has 0 atom stereocenters. The largest absolute Gasteiger partial charge is 0.508 e. The monoisotopic (exact) mass is 844 g/mol. The van der Waals surface area contributed by atoms with E-state index in [1.54, 1.807) is 40.4 Å². The molecular formula is C27H36BBr3Cl4O6. The summed E-state index contributed by atoms with van der Waals surface area (Å²) in [7, 11) is 6.38. The Balaban J connectivity index is -0.000000470. The number of aromatic hydroxyl groups is 2. The van der Waals surface area contributed by atoms with Crippen molar-refractivity contribution in [3.05, 3.63) is 69.2 Å². The van der Waals surface area contributed by atoms with Crippen LogP contribution in [0.3, 0.4) is 0 Å². The third kappa shape index (κ3) is 17.7. The molecule has 0 amide bonds. The van der Waals surface area contributed by atoms with Crippen molar-refractivity contribution in [2.24, 2.45) is 0 Å². The Bertz CT molecular complexity index is 1120. The van der Waals surface area contributed by atoms with Crippen LogP contribution < -0.4 is 18.9 Å². The van der Waals surface area contributed by atoms with Crippen molar-refractivity contribution in [2.45, 2.75) is 28.2 Å². The van der Waals surface area contributed by atoms with Crippen molar-refractivity contribution in [3.63, 3.8) is 0 Å². The number of hydrogen-bond donors (Lipinski definition) is 2. The van der Waals surface area contributed by atoms with E-state index in [-0.39, 0.29) is 32.5 Å². The van der Waals surface area contributed by atoms with Gasteiger partial charge in [-0.25, -0.2) is 0 Å². The van der Waals surface area contributed by atoms with Gasteiger partial charge in [-0.05, 0) is 51.1 Å². The normalized spacial score (nSPS) is 8.83. The molecule has 6 nitrogen and oxygen atoms in total. The molecule has 0 aliphatic carbocycles. The number of methoxy groups -OCH3 is 4. The molecule has 2 N–H and O–H groups in total. The maximum atomic E-state index is 9.37. The minimum atomic E-state index is 0. The molecule has 0 heterocycles. The first-order valence-electron chi connectivity index (χ1n) is 11.0. The molecule has 0 bridgehead atoms. The van der Waals surface area contributed by atoms with Crippen LogP contribution in [0.2, 0.25) is 10.0 Å². The van der Waals surface area contributed by atoms with Gasteiger partial charge in [0.25, 0.3) is 0 Å². The average Bonchev–Trinajstić information content (AvgIpc) is 2.90. The van der Waals surface area contributed by atoms with E-state index in [4.69, 9.17) is 70.5 Å². The molecule has 0 saturated heterocycles. The van der Waals surface area contributed by atoms with Crippen molar-refractivity contribution >= 4 is 96.9 Å². The lowest BCUT2D eigenvalue weighted by atomic mass is 10.2. The summed E-state index contributed by atoms with van der Waals surface area (Å²) >= 11 is 30.3. The maximum absolute atomic E-state index is 9.37. The summed E-state index contributed by atoms with van der Waals surface area (Å²) in [6, 6.07) is 12.4. The summed E-state index contributed by atoms with van der Waals surface area (Å²) in [4.78, 5) is 0. The van der Waals surface area contributed by atoms with Crippen molar-refractivity contribution in [2.75, 3.05) is 33.8 Å². The van der Waals surface area contributed by atoms with Crippen LogP contribution in [0.1, 0.15) is 24.1 Å². The Morgan fingerprint density at radius 2 is 1.05 bits per heavy atom. The predicted octanol–water partition coefficient (Wildman–Crippen LogP) is 11.0. The topological polar surface area (TPSA) is 77.4 Å². The molecule has 0 aliphatic rings. The molecule has 0 aliphatic heterocycles. The van der Waals surface area contributed by atoms with Crippen LogP contribution in [0.25, 0.3) is 0 Å². The van der Waals surface area contributed by atoms with Gasteiger partial charge < -0.3 is 29.2 Å². The first-order chi connectivity index (χ1) is 18.8. The Labute approximate surface area is 289 Å². The van der Waals surface area contributed by atoms with Crippen molar-refractivity contribution < 1.29 is 29.2 Å². The van der Waals surface area contributed by atoms with Gasteiger partial charge in [-0.3, -0.25) is 0 Å². The van der Waals surface area contributed by atoms with Gasteiger partial charge in [-0.2, -0.15) is 0 Å². The fourth-order valence-electron chi connectivity index (χ4n) is 2.82. The SMILES string of the molecule is BrB(Br)Br.C.COc1c(Cl)cc(Cl)c(O)c1C.COc1cccc(O)c1C.COc1cccc(OC)c1C.ClCCl. The second-order valence-corrected chi connectivity index (χ2v) is 15.1. The molecule has 14 heteroatoms. The molecule has 0 unspecified atom stereocenters. The highest BCUT2D eigenvalue weighted by Crippen LogP contribution is 2.39. The Morgan fingerprint density at radius 3 is 1.39 bits per heavy atom. The van der Waals surface area contributed by atoms with Gasteiger partial charge in [0.05, 0.1) is 43.8 Å². The number of halogens is 7. The lowest BCUT2D eigenvalue weighted by Gasteiger charge is -2.09. The van der Waals surface area contributed by atoms with Gasteiger partial charge in [0.2, 0.25) is 0 Å². The molecule has 41 heavy (non-hydrogen) atoms. The number of phenols is 2. The van der Waals surface area contributed by atoms with Gasteiger partial charge in [-0.15, -0.1) is 70.5 Å². The Hall–Kier alpha value is -0.875. The standard InChI is InChI=1S/C9H12O2.C8H8Cl2O2.C8H10O2.CH2Cl2.CH4.BBr3/c1-7-8(10-2)5-4-6-9(7)11-3;1-4-7(11)5(9)3-6(10)8(4)12-2;1-6-7(9)4-3-5-8(6)10-2;2-1-3;;2-1(3)4/h4-6H,1-3H3;3,11H,1-2H3;3-5,9H,1-2H3;1H2;1H4;. The van der Waals surface area contributed by atoms with Gasteiger partial charge in [0, 0.05) is 16.7 Å². The third-order valence-electron chi connectivity index (χ3n) is 4.75. The quantitative estimate of drug-likeness (QED) is 0.201. The van der Waals surface area contributed by atoms with Crippen molar-refractivity contribution in [1.82, 2.24) is 0 Å². The summed E-state index contributed by atoms with van der Waals surface area (Å²) in [6.45, 7) is 5.47. The second kappa shape index (κ2) is 25.6. The van der Waals surface area contributed by atoms with Crippen LogP contribution in [0.5, 0.6) is 34.5 Å². The first kappa shape index (κ1) is 44.6. The van der Waals surface area contributed by atoms with Gasteiger partial charge in [0.1, 0.15) is 34.5 Å². The zero-order chi connectivity index (χ0) is 31.4. The predicted molar refractivity (Wildman–Crippen MR) is 189 cm³/mol. The number of phenolic OH excluding ortho intramolecular Hbond substituents is 2. The Morgan fingerprint density at radius 1 is 0.683 bits per heavy atom. The van der Waals surface area contributed by atoms with E-state index < -0.39 is 0 Å². The van der Waals surface area contributed by atoms with Gasteiger partial charge >= 0.3 is 3.18 Å². The van der Waals surface area contributed by atoms with Gasteiger partial charge in [0.15, 0.2) is 0 Å². The highest BCUT2D eigenvalue weighted by molar-refractivity contribution is 9.69. The Kier molecular flexibility index (Phi) is 27.8. The summed E-state index contributed by atoms with van der Waals surface area (Å²) in [5.41, 5.74) is 2.37. The van der Waals surface area contributed by atoms with E-state index >= 15 is 0 Å². The van der Waals surface area contributed by atoms with Crippen LogP contribution in [-0.2, 0) is 0 Å². The summed E-state index contributed by atoms with van der Waals surface area (Å²) in [5, 5.41) is 19.4. The zero-order valence-corrected chi connectivity index (χ0v) is 30.8. The summed E-state index contributed by atoms with van der Waals surface area (Å²) < 4.78 is 20.4. The van der Waals surface area contributed by atoms with E-state index in [0.717, 1.165) is 28.4 Å². The van der Waals surface area contributed by atoms with Gasteiger partial charge in [-0.1, -0.05) is 42.8 Å². The van der Waals surface area contributed by atoms with Crippen LogP contribution >= 0.6 is 93.7 Å². The molecule has 0 radical (unpaired) electrons. The molecule has 0 saturated carbocycles. The number of benzene rings is 3. The first-order valence-corrected chi connectivity index (χ1v) is 15.6. The zero-order valence-electron chi connectivity index (χ0n) is 23.0. The fraction of sp³-hybridized carbons (Fsp3) is 0.333. The van der Waals surface area contributed by atoms with Crippen molar-refractivity contribution in [3.8, 4) is 34.5 Å². The number of hydrogen-bond acceptors (Lipinski definition) is 6. The second-order valence-electron chi connectivity index (χ2n) is 7.09. The van der Waals surface area contributed by atoms with Crippen LogP contribution in [0.15, 0.2) is 42.5 Å². The molecule has 3 aromatic rings. The van der Waals surface area contributed by atoms with E-state index in [0.29, 0.717) is 16.3 Å². The number of ether oxygens (including phenoxy) is 4. The lowest BCUT2D eigenvalue weighted by Crippen LogP contribution is -1.90. The van der Waals surface area contributed by atoms with Crippen LogP contribution in [-0.4, -0.2) is 47.2 Å². The molecule has 0 fully saturated rings. The molecular weight excluding hydrogens is 813 g/mol. The third-order valence-corrected chi connectivity index (χ3v) is 5.32. The maximum Gasteiger partial charge on any atom is 0.369 e. The molecule has 3 aromatic carbocycles. The van der Waals surface area contributed by atoms with E-state index in [2.05, 4.69) is 47.3 Å². The van der Waals surface area contributed by atoms with Crippen molar-refractivity contribution in [1.29, 1.82) is 0 Å². The van der Waals surface area contributed by atoms with E-state index in [9.17, 15) is 5.11 Å².